The zero-order chi connectivity index (χ0) is 19.9. The molecule has 1 heterocycles. The third kappa shape index (κ3) is 5.10. The highest BCUT2D eigenvalue weighted by atomic mass is 32.1. The molecule has 0 atom stereocenters. The Balaban J connectivity index is 1.98. The number of thiazole rings is 1. The Morgan fingerprint density at radius 2 is 2.00 bits per heavy atom. The van der Waals surface area contributed by atoms with Crippen LogP contribution in [0.5, 0.6) is 0 Å². The first-order valence-corrected chi connectivity index (χ1v) is 11.3. The zero-order valence-electron chi connectivity index (χ0n) is 16.9. The number of carbonyl (C=O) groups excluding carboxylic acids is 2. The Kier molecular flexibility index (Phi) is 7.43. The first kappa shape index (κ1) is 20.8. The van der Waals surface area contributed by atoms with Crippen molar-refractivity contribution in [1.82, 2.24) is 4.57 Å². The molecule has 0 N–H and O–H groups in total. The van der Waals surface area contributed by atoms with Gasteiger partial charge in [-0.2, -0.15) is 4.99 Å². The van der Waals surface area contributed by atoms with Crippen molar-refractivity contribution < 1.29 is 14.3 Å². The SMILES string of the molecule is CCCCc1ccc2c(c1)sc(=NC(=O)C1CCCCC1)n2CC(=O)OCC. The normalized spacial score (nSPS) is 15.9. The summed E-state index contributed by atoms with van der Waals surface area (Å²) in [5, 5.41) is 0. The minimum atomic E-state index is -0.302. The van der Waals surface area contributed by atoms with Crippen molar-refractivity contribution in [1.29, 1.82) is 0 Å². The van der Waals surface area contributed by atoms with E-state index in [1.807, 2.05) is 10.6 Å². The third-order valence-corrected chi connectivity index (χ3v) is 6.36. The highest BCUT2D eigenvalue weighted by Crippen LogP contribution is 2.25. The fourth-order valence-electron chi connectivity index (χ4n) is 3.76. The molecule has 1 fully saturated rings. The highest BCUT2D eigenvalue weighted by Gasteiger charge is 2.21. The minimum Gasteiger partial charge on any atom is -0.465 e. The number of hydrogen-bond donors (Lipinski definition) is 0. The topological polar surface area (TPSA) is 60.7 Å². The van der Waals surface area contributed by atoms with Crippen LogP contribution in [0.2, 0.25) is 0 Å². The van der Waals surface area contributed by atoms with Gasteiger partial charge in [0.05, 0.1) is 16.8 Å². The number of amides is 1. The second-order valence-electron chi connectivity index (χ2n) is 7.47. The van der Waals surface area contributed by atoms with Gasteiger partial charge in [0, 0.05) is 5.92 Å². The molecule has 0 saturated heterocycles. The van der Waals surface area contributed by atoms with Gasteiger partial charge in [-0.25, -0.2) is 0 Å². The van der Waals surface area contributed by atoms with Gasteiger partial charge in [0.1, 0.15) is 6.54 Å². The van der Waals surface area contributed by atoms with E-state index < -0.39 is 0 Å². The summed E-state index contributed by atoms with van der Waals surface area (Å²) in [6, 6.07) is 6.32. The van der Waals surface area contributed by atoms with Crippen LogP contribution >= 0.6 is 11.3 Å². The fraction of sp³-hybridized carbons (Fsp3) is 0.591. The fourth-order valence-corrected chi connectivity index (χ4v) is 4.86. The van der Waals surface area contributed by atoms with Crippen LogP contribution in [0, 0.1) is 5.92 Å². The van der Waals surface area contributed by atoms with Gasteiger partial charge in [-0.15, -0.1) is 0 Å². The summed E-state index contributed by atoms with van der Waals surface area (Å²) in [7, 11) is 0. The van der Waals surface area contributed by atoms with Gasteiger partial charge in [0.25, 0.3) is 5.91 Å². The van der Waals surface area contributed by atoms with Crippen LogP contribution in [0.4, 0.5) is 0 Å². The van der Waals surface area contributed by atoms with Crippen molar-refractivity contribution in [2.24, 2.45) is 10.9 Å². The molecule has 28 heavy (non-hydrogen) atoms. The molecule has 152 valence electrons. The third-order valence-electron chi connectivity index (χ3n) is 5.32. The Bertz CT molecular complexity index is 891. The van der Waals surface area contributed by atoms with E-state index in [1.165, 1.54) is 23.3 Å². The summed E-state index contributed by atoms with van der Waals surface area (Å²) in [5.74, 6) is -0.325. The van der Waals surface area contributed by atoms with Gasteiger partial charge in [0.2, 0.25) is 0 Å². The summed E-state index contributed by atoms with van der Waals surface area (Å²) >= 11 is 1.49. The lowest BCUT2D eigenvalue weighted by atomic mass is 9.89. The average Bonchev–Trinajstić information content (AvgIpc) is 3.03. The maximum Gasteiger partial charge on any atom is 0.326 e. The first-order valence-electron chi connectivity index (χ1n) is 10.5. The van der Waals surface area contributed by atoms with E-state index in [4.69, 9.17) is 4.74 Å². The van der Waals surface area contributed by atoms with Crippen LogP contribution in [-0.4, -0.2) is 23.1 Å². The second kappa shape index (κ2) is 10.0. The van der Waals surface area contributed by atoms with Crippen LogP contribution < -0.4 is 4.80 Å². The van der Waals surface area contributed by atoms with Crippen LogP contribution in [0.15, 0.2) is 23.2 Å². The number of aryl methyl sites for hydroxylation is 1. The molecule has 2 aromatic rings. The smallest absolute Gasteiger partial charge is 0.326 e. The van der Waals surface area contributed by atoms with Crippen molar-refractivity contribution >= 4 is 33.4 Å². The Morgan fingerprint density at radius 1 is 1.21 bits per heavy atom. The number of fused-ring (bicyclic) bond motifs is 1. The molecule has 1 saturated carbocycles. The number of nitrogens with zero attached hydrogens (tertiary/aromatic N) is 2. The monoisotopic (exact) mass is 402 g/mol. The number of aromatic nitrogens is 1. The molecule has 1 amide bonds. The van der Waals surface area contributed by atoms with Crippen LogP contribution in [-0.2, 0) is 27.3 Å². The predicted octanol–water partition coefficient (Wildman–Crippen LogP) is 4.62. The van der Waals surface area contributed by atoms with Crippen LogP contribution in [0.1, 0.15) is 64.4 Å². The van der Waals surface area contributed by atoms with Gasteiger partial charge in [-0.3, -0.25) is 9.59 Å². The molecule has 3 rings (SSSR count). The molecule has 6 heteroatoms. The quantitative estimate of drug-likeness (QED) is 0.635. The van der Waals surface area contributed by atoms with E-state index in [0.29, 0.717) is 11.4 Å². The van der Waals surface area contributed by atoms with E-state index >= 15 is 0 Å². The predicted molar refractivity (Wildman–Crippen MR) is 112 cm³/mol. The minimum absolute atomic E-state index is 0.0233. The van der Waals surface area contributed by atoms with Gasteiger partial charge < -0.3 is 9.30 Å². The van der Waals surface area contributed by atoms with Crippen molar-refractivity contribution in [3.05, 3.63) is 28.6 Å². The lowest BCUT2D eigenvalue weighted by Crippen LogP contribution is -2.25. The number of benzene rings is 1. The number of esters is 1. The number of ether oxygens (including phenoxy) is 1. The molecule has 5 nitrogen and oxygen atoms in total. The Morgan fingerprint density at radius 3 is 2.71 bits per heavy atom. The molecule has 0 unspecified atom stereocenters. The summed E-state index contributed by atoms with van der Waals surface area (Å²) < 4.78 is 8.03. The largest absolute Gasteiger partial charge is 0.465 e. The van der Waals surface area contributed by atoms with Gasteiger partial charge in [0.15, 0.2) is 4.80 Å². The molecule has 1 aliphatic carbocycles. The number of hydrogen-bond acceptors (Lipinski definition) is 4. The molecule has 1 aromatic heterocycles. The van der Waals surface area contributed by atoms with Gasteiger partial charge >= 0.3 is 5.97 Å². The molecule has 1 aromatic carbocycles. The van der Waals surface area contributed by atoms with Gasteiger partial charge in [-0.05, 0) is 50.3 Å². The molecule has 0 bridgehead atoms. The molecule has 0 radical (unpaired) electrons. The van der Waals surface area contributed by atoms with E-state index in [0.717, 1.165) is 55.2 Å². The summed E-state index contributed by atoms with van der Waals surface area (Å²) in [4.78, 5) is 29.9. The van der Waals surface area contributed by atoms with Crippen molar-refractivity contribution in [2.75, 3.05) is 6.61 Å². The maximum absolute atomic E-state index is 12.7. The zero-order valence-corrected chi connectivity index (χ0v) is 17.7. The molecule has 0 aliphatic heterocycles. The average molecular weight is 403 g/mol. The van der Waals surface area contributed by atoms with E-state index in [-0.39, 0.29) is 24.3 Å². The van der Waals surface area contributed by atoms with E-state index in [1.54, 1.807) is 6.92 Å². The first-order chi connectivity index (χ1) is 13.6. The second-order valence-corrected chi connectivity index (χ2v) is 8.48. The van der Waals surface area contributed by atoms with Crippen molar-refractivity contribution in [3.8, 4) is 0 Å². The number of unbranched alkanes of at least 4 members (excludes halogenated alkanes) is 1. The molecular weight excluding hydrogens is 372 g/mol. The Hall–Kier alpha value is -1.95. The lowest BCUT2D eigenvalue weighted by molar-refractivity contribution is -0.143. The standard InChI is InChI=1S/C22H30N2O3S/c1-3-5-9-16-12-13-18-19(14-16)28-22(24(18)15-20(25)27-4-2)23-21(26)17-10-7-6-8-11-17/h12-14,17H,3-11,15H2,1-2H3. The van der Waals surface area contributed by atoms with Crippen molar-refractivity contribution in [3.63, 3.8) is 0 Å². The van der Waals surface area contributed by atoms with E-state index in [9.17, 15) is 9.59 Å². The molecule has 0 spiro atoms. The molecular formula is C22H30N2O3S. The number of carbonyl (C=O) groups is 2. The highest BCUT2D eigenvalue weighted by molar-refractivity contribution is 7.16. The van der Waals surface area contributed by atoms with Crippen molar-refractivity contribution in [2.45, 2.75) is 71.8 Å². The summed E-state index contributed by atoms with van der Waals surface area (Å²) in [5.41, 5.74) is 2.22. The van der Waals surface area contributed by atoms with E-state index in [2.05, 4.69) is 24.0 Å². The van der Waals surface area contributed by atoms with Crippen LogP contribution in [0.3, 0.4) is 0 Å². The maximum atomic E-state index is 12.7. The molecule has 1 aliphatic rings. The van der Waals surface area contributed by atoms with Crippen LogP contribution in [0.25, 0.3) is 10.2 Å². The van der Waals surface area contributed by atoms with Gasteiger partial charge in [-0.1, -0.05) is 50.0 Å². The Labute approximate surface area is 170 Å². The lowest BCUT2D eigenvalue weighted by Gasteiger charge is -2.17. The summed E-state index contributed by atoms with van der Waals surface area (Å²) in [6.07, 6.45) is 8.59. The number of rotatable bonds is 7. The summed E-state index contributed by atoms with van der Waals surface area (Å²) in [6.45, 7) is 4.41.